The molecule has 1 aromatic heterocycles. The molecule has 21 heavy (non-hydrogen) atoms. The highest BCUT2D eigenvalue weighted by Crippen LogP contribution is 2.28. The third-order valence-corrected chi connectivity index (χ3v) is 3.09. The molecule has 0 fully saturated rings. The molecule has 110 valence electrons. The lowest BCUT2D eigenvalue weighted by molar-refractivity contribution is -0.137. The Balaban J connectivity index is 2.22. The number of hydrogen-bond donors (Lipinski definition) is 1. The van der Waals surface area contributed by atoms with Crippen molar-refractivity contribution in [3.63, 3.8) is 0 Å². The summed E-state index contributed by atoms with van der Waals surface area (Å²) in [6.45, 7) is 0.181. The average Bonchev–Trinajstić information content (AvgIpc) is 2.52. The van der Waals surface area contributed by atoms with Crippen LogP contribution in [0, 0.1) is 0 Å². The zero-order chi connectivity index (χ0) is 15.1. The molecule has 0 amide bonds. The molecule has 0 aliphatic carbocycles. The van der Waals surface area contributed by atoms with Crippen LogP contribution < -0.4 is 4.74 Å². The molecule has 2 rings (SSSR count). The van der Waals surface area contributed by atoms with E-state index in [9.17, 15) is 4.79 Å². The summed E-state index contributed by atoms with van der Waals surface area (Å²) in [7, 11) is 1.56. The Morgan fingerprint density at radius 1 is 1.24 bits per heavy atom. The first kappa shape index (κ1) is 15.0. The second-order valence-electron chi connectivity index (χ2n) is 4.56. The Hall–Kier alpha value is -2.40. The first-order valence-electron chi connectivity index (χ1n) is 6.54. The fourth-order valence-corrected chi connectivity index (χ4v) is 2.11. The number of carboxylic acids is 1. The highest BCUT2D eigenvalue weighted by atomic mass is 16.7. The number of methoxy groups -OCH3 is 1. The van der Waals surface area contributed by atoms with E-state index in [0.717, 1.165) is 11.1 Å². The van der Waals surface area contributed by atoms with Crippen molar-refractivity contribution in [2.45, 2.75) is 12.3 Å². The highest BCUT2D eigenvalue weighted by Gasteiger charge is 2.18. The predicted octanol–water partition coefficient (Wildman–Crippen LogP) is 2.67. The van der Waals surface area contributed by atoms with Crippen LogP contribution in [0.25, 0.3) is 0 Å². The summed E-state index contributed by atoms with van der Waals surface area (Å²) >= 11 is 0. The number of pyridine rings is 1. The van der Waals surface area contributed by atoms with Crippen molar-refractivity contribution in [3.8, 4) is 5.75 Å². The number of hydrogen-bond acceptors (Lipinski definition) is 4. The number of nitrogens with zero attached hydrogens (tertiary/aromatic N) is 1. The van der Waals surface area contributed by atoms with Crippen molar-refractivity contribution < 1.29 is 19.4 Å². The van der Waals surface area contributed by atoms with E-state index in [-0.39, 0.29) is 19.1 Å². The summed E-state index contributed by atoms with van der Waals surface area (Å²) in [5, 5.41) is 9.12. The van der Waals surface area contributed by atoms with Gasteiger partial charge in [0.2, 0.25) is 0 Å². The van der Waals surface area contributed by atoms with Gasteiger partial charge < -0.3 is 14.6 Å². The SMILES string of the molecule is COCOc1ccc(C(CC(=O)O)c2cccnc2)cc1. The van der Waals surface area contributed by atoms with E-state index in [1.54, 1.807) is 37.7 Å². The monoisotopic (exact) mass is 287 g/mol. The van der Waals surface area contributed by atoms with Crippen LogP contribution in [-0.2, 0) is 9.53 Å². The van der Waals surface area contributed by atoms with Gasteiger partial charge in [0.15, 0.2) is 6.79 Å². The van der Waals surface area contributed by atoms with Crippen molar-refractivity contribution >= 4 is 5.97 Å². The second-order valence-corrected chi connectivity index (χ2v) is 4.56. The zero-order valence-corrected chi connectivity index (χ0v) is 11.7. The molecule has 0 aliphatic rings. The number of aromatic nitrogens is 1. The van der Waals surface area contributed by atoms with E-state index >= 15 is 0 Å². The third kappa shape index (κ3) is 4.29. The van der Waals surface area contributed by atoms with Crippen LogP contribution in [0.4, 0.5) is 0 Å². The minimum Gasteiger partial charge on any atom is -0.481 e. The third-order valence-electron chi connectivity index (χ3n) is 3.09. The van der Waals surface area contributed by atoms with Crippen LogP contribution in [0.2, 0.25) is 0 Å². The number of carboxylic acid groups (broad SMARTS) is 1. The molecule has 1 atom stereocenters. The lowest BCUT2D eigenvalue weighted by Gasteiger charge is -2.16. The van der Waals surface area contributed by atoms with E-state index in [1.165, 1.54) is 0 Å². The van der Waals surface area contributed by atoms with Crippen LogP contribution in [0.1, 0.15) is 23.5 Å². The largest absolute Gasteiger partial charge is 0.481 e. The van der Waals surface area contributed by atoms with E-state index in [4.69, 9.17) is 14.6 Å². The summed E-state index contributed by atoms with van der Waals surface area (Å²) in [5.74, 6) is -0.392. The molecule has 0 radical (unpaired) electrons. The smallest absolute Gasteiger partial charge is 0.304 e. The molecule has 1 N–H and O–H groups in total. The maximum absolute atomic E-state index is 11.1. The van der Waals surface area contributed by atoms with E-state index in [0.29, 0.717) is 5.75 Å². The second kappa shape index (κ2) is 7.40. The van der Waals surface area contributed by atoms with Crippen molar-refractivity contribution in [3.05, 3.63) is 59.9 Å². The molecule has 1 heterocycles. The summed E-state index contributed by atoms with van der Waals surface area (Å²) < 4.78 is 10.2. The van der Waals surface area contributed by atoms with Crippen molar-refractivity contribution in [1.29, 1.82) is 0 Å². The van der Waals surface area contributed by atoms with Gasteiger partial charge in [-0.1, -0.05) is 18.2 Å². The number of rotatable bonds is 7. The first-order valence-corrected chi connectivity index (χ1v) is 6.54. The fourth-order valence-electron chi connectivity index (χ4n) is 2.11. The van der Waals surface area contributed by atoms with Gasteiger partial charge in [0.25, 0.3) is 0 Å². The maximum Gasteiger partial charge on any atom is 0.304 e. The highest BCUT2D eigenvalue weighted by molar-refractivity contribution is 5.69. The summed E-state index contributed by atoms with van der Waals surface area (Å²) in [6, 6.07) is 11.0. The predicted molar refractivity (Wildman–Crippen MR) is 77.3 cm³/mol. The van der Waals surface area contributed by atoms with E-state index in [2.05, 4.69) is 4.98 Å². The molecule has 5 heteroatoms. The molecule has 1 unspecified atom stereocenters. The summed E-state index contributed by atoms with van der Waals surface area (Å²) in [4.78, 5) is 15.2. The quantitative estimate of drug-likeness (QED) is 0.793. The molecule has 1 aromatic carbocycles. The summed E-state index contributed by atoms with van der Waals surface area (Å²) in [6.07, 6.45) is 3.38. The number of ether oxygens (including phenoxy) is 2. The normalized spacial score (nSPS) is 11.9. The maximum atomic E-state index is 11.1. The Morgan fingerprint density at radius 2 is 2.00 bits per heavy atom. The topological polar surface area (TPSA) is 68.7 Å². The van der Waals surface area contributed by atoms with Gasteiger partial charge in [-0.3, -0.25) is 9.78 Å². The van der Waals surface area contributed by atoms with E-state index in [1.807, 2.05) is 18.2 Å². The molecule has 0 bridgehead atoms. The van der Waals surface area contributed by atoms with Crippen LogP contribution in [0.3, 0.4) is 0 Å². The molecule has 0 saturated carbocycles. The molecule has 0 saturated heterocycles. The molecule has 5 nitrogen and oxygen atoms in total. The number of benzene rings is 1. The van der Waals surface area contributed by atoms with E-state index < -0.39 is 5.97 Å². The van der Waals surface area contributed by atoms with Gasteiger partial charge in [0.05, 0.1) is 6.42 Å². The fraction of sp³-hybridized carbons (Fsp3) is 0.250. The lowest BCUT2D eigenvalue weighted by atomic mass is 9.89. The zero-order valence-electron chi connectivity index (χ0n) is 11.7. The lowest BCUT2D eigenvalue weighted by Crippen LogP contribution is -2.08. The Kier molecular flexibility index (Phi) is 5.29. The van der Waals surface area contributed by atoms with Crippen LogP contribution >= 0.6 is 0 Å². The Bertz CT molecular complexity index is 569. The Morgan fingerprint density at radius 3 is 2.57 bits per heavy atom. The molecule has 0 aliphatic heterocycles. The van der Waals surface area contributed by atoms with Gasteiger partial charge in [-0.15, -0.1) is 0 Å². The van der Waals surface area contributed by atoms with Crippen molar-refractivity contribution in [2.24, 2.45) is 0 Å². The van der Waals surface area contributed by atoms with Crippen LogP contribution in [0.15, 0.2) is 48.8 Å². The number of carbonyl (C=O) groups is 1. The van der Waals surface area contributed by atoms with Gasteiger partial charge in [-0.05, 0) is 29.3 Å². The van der Waals surface area contributed by atoms with Crippen LogP contribution in [0.5, 0.6) is 5.75 Å². The van der Waals surface area contributed by atoms with Gasteiger partial charge >= 0.3 is 5.97 Å². The summed E-state index contributed by atoms with van der Waals surface area (Å²) in [5.41, 5.74) is 1.79. The number of aliphatic carboxylic acids is 1. The standard InChI is InChI=1S/C16H17NO4/c1-20-11-21-14-6-4-12(5-7-14)15(9-16(18)19)13-3-2-8-17-10-13/h2-8,10,15H,9,11H2,1H3,(H,18,19). The van der Waals surface area contributed by atoms with Gasteiger partial charge in [-0.2, -0.15) is 0 Å². The Labute approximate surface area is 123 Å². The first-order chi connectivity index (χ1) is 10.2. The van der Waals surface area contributed by atoms with Crippen molar-refractivity contribution in [2.75, 3.05) is 13.9 Å². The molecular formula is C16H17NO4. The molecule has 2 aromatic rings. The average molecular weight is 287 g/mol. The molecular weight excluding hydrogens is 270 g/mol. The minimum absolute atomic E-state index is 0.0178. The van der Waals surface area contributed by atoms with Gasteiger partial charge in [-0.25, -0.2) is 0 Å². The van der Waals surface area contributed by atoms with Gasteiger partial charge in [0.1, 0.15) is 5.75 Å². The van der Waals surface area contributed by atoms with Crippen molar-refractivity contribution in [1.82, 2.24) is 4.98 Å². The minimum atomic E-state index is -0.844. The van der Waals surface area contributed by atoms with Crippen LogP contribution in [-0.4, -0.2) is 30.0 Å². The van der Waals surface area contributed by atoms with Gasteiger partial charge in [0, 0.05) is 25.4 Å². The molecule has 0 spiro atoms.